The lowest BCUT2D eigenvalue weighted by Gasteiger charge is -2.32. The van der Waals surface area contributed by atoms with Gasteiger partial charge in [-0.15, -0.1) is 0 Å². The van der Waals surface area contributed by atoms with Gasteiger partial charge in [0.25, 0.3) is 5.91 Å². The highest BCUT2D eigenvalue weighted by Gasteiger charge is 2.34. The van der Waals surface area contributed by atoms with Crippen LogP contribution in [0.15, 0.2) is 23.2 Å². The molecule has 0 bridgehead atoms. The summed E-state index contributed by atoms with van der Waals surface area (Å²) in [5, 5.41) is 21.1. The number of aromatic nitrogens is 1. The molecule has 1 aliphatic rings. The first-order valence-corrected chi connectivity index (χ1v) is 7.47. The van der Waals surface area contributed by atoms with Crippen LogP contribution >= 0.6 is 0 Å². The average molecular weight is 292 g/mol. The number of carbonyl (C=O) groups excluding carboxylic acids is 1. The standard InChI is InChI=1S/C16H24N2O3/c1-15(2,3)14(19)17-13-9-7-8-12(18(13)21)16(20)10-5-4-6-11-16/h7-9,20-21H,4-6,10-11H2,1-3H3. The zero-order chi connectivity index (χ0) is 15.7. The van der Waals surface area contributed by atoms with Gasteiger partial charge in [0.1, 0.15) is 5.60 Å². The molecule has 0 saturated heterocycles. The molecule has 5 nitrogen and oxygen atoms in total. The van der Waals surface area contributed by atoms with Crippen LogP contribution < -0.4 is 5.49 Å². The third-order valence-corrected chi connectivity index (χ3v) is 3.96. The van der Waals surface area contributed by atoms with Gasteiger partial charge in [0.05, 0.1) is 5.69 Å². The SMILES string of the molecule is CC(C)(C)C(=O)N=c1cccc(C2(O)CCCCC2)n1O. The Morgan fingerprint density at radius 3 is 2.43 bits per heavy atom. The van der Waals surface area contributed by atoms with Gasteiger partial charge in [-0.1, -0.05) is 46.1 Å². The van der Waals surface area contributed by atoms with Crippen LogP contribution in [-0.4, -0.2) is 21.0 Å². The Balaban J connectivity index is 2.46. The van der Waals surface area contributed by atoms with Crippen molar-refractivity contribution in [1.29, 1.82) is 0 Å². The van der Waals surface area contributed by atoms with Gasteiger partial charge in [0.2, 0.25) is 0 Å². The van der Waals surface area contributed by atoms with E-state index in [2.05, 4.69) is 4.99 Å². The predicted molar refractivity (Wildman–Crippen MR) is 78.6 cm³/mol. The number of hydrogen-bond acceptors (Lipinski definition) is 3. The first-order valence-electron chi connectivity index (χ1n) is 7.47. The molecular weight excluding hydrogens is 268 g/mol. The summed E-state index contributed by atoms with van der Waals surface area (Å²) in [6.45, 7) is 5.33. The molecule has 1 aliphatic carbocycles. The number of aliphatic hydroxyl groups is 1. The molecule has 0 radical (unpaired) electrons. The second kappa shape index (κ2) is 5.64. The van der Waals surface area contributed by atoms with E-state index in [1.54, 1.807) is 39.0 Å². The van der Waals surface area contributed by atoms with Crippen LogP contribution in [-0.2, 0) is 10.4 Å². The maximum Gasteiger partial charge on any atom is 0.253 e. The molecule has 21 heavy (non-hydrogen) atoms. The molecule has 116 valence electrons. The highest BCUT2D eigenvalue weighted by molar-refractivity contribution is 5.82. The van der Waals surface area contributed by atoms with Crippen LogP contribution in [0.2, 0.25) is 0 Å². The fraction of sp³-hybridized carbons (Fsp3) is 0.625. The van der Waals surface area contributed by atoms with Crippen molar-refractivity contribution in [2.45, 2.75) is 58.5 Å². The second-order valence-corrected chi connectivity index (χ2v) is 6.84. The van der Waals surface area contributed by atoms with Crippen LogP contribution in [0.5, 0.6) is 0 Å². The van der Waals surface area contributed by atoms with Gasteiger partial charge >= 0.3 is 0 Å². The number of hydrogen-bond donors (Lipinski definition) is 2. The fourth-order valence-corrected chi connectivity index (χ4v) is 2.59. The first-order chi connectivity index (χ1) is 9.74. The normalized spacial score (nSPS) is 19.5. The van der Waals surface area contributed by atoms with Gasteiger partial charge in [-0.2, -0.15) is 9.72 Å². The summed E-state index contributed by atoms with van der Waals surface area (Å²) >= 11 is 0. The summed E-state index contributed by atoms with van der Waals surface area (Å²) in [5.74, 6) is -0.307. The maximum atomic E-state index is 12.0. The van der Waals surface area contributed by atoms with Crippen LogP contribution in [0.4, 0.5) is 0 Å². The van der Waals surface area contributed by atoms with Crippen molar-refractivity contribution in [1.82, 2.24) is 4.73 Å². The largest absolute Gasteiger partial charge is 0.427 e. The lowest BCUT2D eigenvalue weighted by atomic mass is 9.82. The number of pyridine rings is 1. The van der Waals surface area contributed by atoms with Gasteiger partial charge in [-0.3, -0.25) is 4.79 Å². The molecule has 1 aromatic rings. The summed E-state index contributed by atoms with van der Waals surface area (Å²) in [5.41, 5.74) is -1.08. The second-order valence-electron chi connectivity index (χ2n) is 6.84. The fourth-order valence-electron chi connectivity index (χ4n) is 2.59. The summed E-state index contributed by atoms with van der Waals surface area (Å²) in [4.78, 5) is 16.0. The van der Waals surface area contributed by atoms with Gasteiger partial charge in [0, 0.05) is 5.41 Å². The molecular formula is C16H24N2O3. The summed E-state index contributed by atoms with van der Waals surface area (Å²) in [7, 11) is 0. The van der Waals surface area contributed by atoms with Crippen LogP contribution in [0, 0.1) is 5.41 Å². The molecule has 1 heterocycles. The Kier molecular flexibility index (Phi) is 4.23. The number of carbonyl (C=O) groups is 1. The molecule has 0 aliphatic heterocycles. The van der Waals surface area contributed by atoms with E-state index < -0.39 is 11.0 Å². The molecule has 1 aromatic heterocycles. The molecule has 1 saturated carbocycles. The Morgan fingerprint density at radius 2 is 1.86 bits per heavy atom. The summed E-state index contributed by atoms with van der Waals surface area (Å²) in [6.07, 6.45) is 4.19. The van der Waals surface area contributed by atoms with E-state index in [-0.39, 0.29) is 11.4 Å². The number of nitrogens with zero attached hydrogens (tertiary/aromatic N) is 2. The minimum atomic E-state index is -1.04. The van der Waals surface area contributed by atoms with Crippen molar-refractivity contribution in [3.05, 3.63) is 29.4 Å². The molecule has 5 heteroatoms. The Morgan fingerprint density at radius 1 is 1.24 bits per heavy atom. The van der Waals surface area contributed by atoms with E-state index in [9.17, 15) is 15.1 Å². The Labute approximate surface area is 124 Å². The van der Waals surface area contributed by atoms with Gasteiger partial charge in [0.15, 0.2) is 5.49 Å². The van der Waals surface area contributed by atoms with Crippen molar-refractivity contribution in [2.75, 3.05) is 0 Å². The van der Waals surface area contributed by atoms with Gasteiger partial charge in [-0.05, 0) is 25.0 Å². The first kappa shape index (κ1) is 15.8. The smallest absolute Gasteiger partial charge is 0.253 e. The quantitative estimate of drug-likeness (QED) is 0.780. The monoisotopic (exact) mass is 292 g/mol. The summed E-state index contributed by atoms with van der Waals surface area (Å²) < 4.78 is 0.856. The highest BCUT2D eigenvalue weighted by Crippen LogP contribution is 2.35. The van der Waals surface area contributed by atoms with E-state index in [0.29, 0.717) is 18.5 Å². The van der Waals surface area contributed by atoms with Gasteiger partial charge in [-0.25, -0.2) is 0 Å². The highest BCUT2D eigenvalue weighted by atomic mass is 16.5. The maximum absolute atomic E-state index is 12.0. The zero-order valence-corrected chi connectivity index (χ0v) is 13.0. The Bertz CT molecular complexity index is 590. The molecule has 0 atom stereocenters. The number of amides is 1. The predicted octanol–water partition coefficient (Wildman–Crippen LogP) is 2.35. The van der Waals surface area contributed by atoms with Crippen LogP contribution in [0.3, 0.4) is 0 Å². The molecule has 1 amide bonds. The molecule has 1 fully saturated rings. The van der Waals surface area contributed by atoms with E-state index in [1.165, 1.54) is 0 Å². The van der Waals surface area contributed by atoms with Crippen molar-refractivity contribution >= 4 is 5.91 Å². The topological polar surface area (TPSA) is 74.8 Å². The lowest BCUT2D eigenvalue weighted by Crippen LogP contribution is -2.36. The van der Waals surface area contributed by atoms with Crippen molar-refractivity contribution in [3.8, 4) is 0 Å². The molecule has 2 rings (SSSR count). The Hall–Kier alpha value is -1.62. The molecule has 2 N–H and O–H groups in total. The zero-order valence-electron chi connectivity index (χ0n) is 13.0. The molecule has 0 unspecified atom stereocenters. The molecule has 0 aromatic carbocycles. The summed E-state index contributed by atoms with van der Waals surface area (Å²) in [6, 6.07) is 4.97. The van der Waals surface area contributed by atoms with Crippen molar-refractivity contribution in [2.24, 2.45) is 10.4 Å². The van der Waals surface area contributed by atoms with Gasteiger partial charge < -0.3 is 10.3 Å². The average Bonchev–Trinajstić information content (AvgIpc) is 2.40. The van der Waals surface area contributed by atoms with E-state index in [1.807, 2.05) is 0 Å². The van der Waals surface area contributed by atoms with Crippen molar-refractivity contribution in [3.63, 3.8) is 0 Å². The van der Waals surface area contributed by atoms with E-state index >= 15 is 0 Å². The lowest BCUT2D eigenvalue weighted by molar-refractivity contribution is -0.125. The third-order valence-electron chi connectivity index (χ3n) is 3.96. The minimum absolute atomic E-state index is 0.159. The molecule has 0 spiro atoms. The van der Waals surface area contributed by atoms with Crippen LogP contribution in [0.25, 0.3) is 0 Å². The van der Waals surface area contributed by atoms with Crippen molar-refractivity contribution < 1.29 is 15.1 Å². The van der Waals surface area contributed by atoms with E-state index in [4.69, 9.17) is 0 Å². The minimum Gasteiger partial charge on any atom is -0.427 e. The van der Waals surface area contributed by atoms with Crippen LogP contribution in [0.1, 0.15) is 58.6 Å². The van der Waals surface area contributed by atoms with E-state index in [0.717, 1.165) is 24.0 Å². The third kappa shape index (κ3) is 3.35. The number of rotatable bonds is 1.